The Bertz CT molecular complexity index is 216. The minimum atomic E-state index is -1.73. The van der Waals surface area contributed by atoms with Crippen molar-refractivity contribution in [2.45, 2.75) is 72.2 Å². The molecule has 0 aromatic heterocycles. The first-order valence-electron chi connectivity index (χ1n) is 6.26. The molecular weight excluding hydrogens is 216 g/mol. The minimum absolute atomic E-state index is 0.149. The monoisotopic (exact) mass is 246 g/mol. The third-order valence-electron chi connectivity index (χ3n) is 3.89. The zero-order valence-corrected chi connectivity index (χ0v) is 13.3. The van der Waals surface area contributed by atoms with Crippen LogP contribution in [0.25, 0.3) is 0 Å². The van der Waals surface area contributed by atoms with E-state index in [1.165, 1.54) is 0 Å². The predicted octanol–water partition coefficient (Wildman–Crippen LogP) is 3.81. The van der Waals surface area contributed by atoms with Crippen molar-refractivity contribution in [2.24, 2.45) is 5.41 Å². The molecular formula is C13H30O2Si. The Morgan fingerprint density at radius 2 is 1.56 bits per heavy atom. The van der Waals surface area contributed by atoms with Gasteiger partial charge in [0.2, 0.25) is 0 Å². The van der Waals surface area contributed by atoms with Gasteiger partial charge in [0.15, 0.2) is 8.32 Å². The number of hydrogen-bond acceptors (Lipinski definition) is 2. The largest absolute Gasteiger partial charge is 0.413 e. The summed E-state index contributed by atoms with van der Waals surface area (Å²) < 4.78 is 6.39. The van der Waals surface area contributed by atoms with Crippen molar-refractivity contribution < 1.29 is 9.53 Å². The van der Waals surface area contributed by atoms with Crippen molar-refractivity contribution in [1.29, 1.82) is 0 Å². The Kier molecular flexibility index (Phi) is 5.24. The van der Waals surface area contributed by atoms with Gasteiger partial charge in [-0.25, -0.2) is 0 Å². The van der Waals surface area contributed by atoms with E-state index in [0.717, 1.165) is 6.42 Å². The molecule has 0 heterocycles. The summed E-state index contributed by atoms with van der Waals surface area (Å²) >= 11 is 0. The molecule has 2 nitrogen and oxygen atoms in total. The molecule has 0 aliphatic rings. The lowest BCUT2D eigenvalue weighted by molar-refractivity contribution is 0.0141. The molecule has 0 saturated heterocycles. The fourth-order valence-corrected chi connectivity index (χ4v) is 2.98. The molecule has 0 aliphatic carbocycles. The van der Waals surface area contributed by atoms with Crippen LogP contribution in [0.1, 0.15) is 48.0 Å². The second kappa shape index (κ2) is 5.19. The SMILES string of the molecule is CC[C@H](O[Si](C)(C)C(C)(C)C)C(C)(C)CO. The maximum atomic E-state index is 9.43. The molecule has 0 amide bonds. The first-order chi connectivity index (χ1) is 6.98. The fraction of sp³-hybridized carbons (Fsp3) is 1.00. The highest BCUT2D eigenvalue weighted by Crippen LogP contribution is 2.40. The van der Waals surface area contributed by atoms with Crippen molar-refractivity contribution in [2.75, 3.05) is 6.61 Å². The summed E-state index contributed by atoms with van der Waals surface area (Å²) in [4.78, 5) is 0. The third kappa shape index (κ3) is 3.86. The number of hydrogen-bond donors (Lipinski definition) is 1. The van der Waals surface area contributed by atoms with Gasteiger partial charge in [0, 0.05) is 5.41 Å². The van der Waals surface area contributed by atoms with Crippen molar-refractivity contribution in [3.05, 3.63) is 0 Å². The molecule has 98 valence electrons. The average molecular weight is 246 g/mol. The molecule has 16 heavy (non-hydrogen) atoms. The minimum Gasteiger partial charge on any atom is -0.413 e. The molecule has 0 saturated carbocycles. The summed E-state index contributed by atoms with van der Waals surface area (Å²) in [6.45, 7) is 17.7. The first kappa shape index (κ1) is 16.1. The van der Waals surface area contributed by atoms with Crippen LogP contribution >= 0.6 is 0 Å². The van der Waals surface area contributed by atoms with Crippen LogP contribution in [-0.4, -0.2) is 26.1 Å². The van der Waals surface area contributed by atoms with E-state index in [9.17, 15) is 5.11 Å². The Balaban J connectivity index is 4.81. The highest BCUT2D eigenvalue weighted by Gasteiger charge is 2.41. The molecule has 0 unspecified atom stereocenters. The van der Waals surface area contributed by atoms with Crippen LogP contribution in [0.5, 0.6) is 0 Å². The molecule has 0 aliphatic heterocycles. The molecule has 1 N–H and O–H groups in total. The van der Waals surface area contributed by atoms with Gasteiger partial charge < -0.3 is 9.53 Å². The summed E-state index contributed by atoms with van der Waals surface area (Å²) in [6, 6.07) is 0. The lowest BCUT2D eigenvalue weighted by Crippen LogP contribution is -2.48. The van der Waals surface area contributed by atoms with Gasteiger partial charge in [0.25, 0.3) is 0 Å². The first-order valence-corrected chi connectivity index (χ1v) is 9.17. The third-order valence-corrected chi connectivity index (χ3v) is 8.38. The number of rotatable bonds is 5. The van der Waals surface area contributed by atoms with E-state index in [1.54, 1.807) is 0 Å². The van der Waals surface area contributed by atoms with Crippen LogP contribution in [0.15, 0.2) is 0 Å². The maximum absolute atomic E-state index is 9.43. The van der Waals surface area contributed by atoms with Crippen LogP contribution in [0.2, 0.25) is 18.1 Å². The van der Waals surface area contributed by atoms with E-state index < -0.39 is 8.32 Å². The highest BCUT2D eigenvalue weighted by molar-refractivity contribution is 6.74. The molecule has 0 fully saturated rings. The van der Waals surface area contributed by atoms with E-state index in [2.05, 4.69) is 54.6 Å². The van der Waals surface area contributed by atoms with Crippen molar-refractivity contribution in [3.63, 3.8) is 0 Å². The highest BCUT2D eigenvalue weighted by atomic mass is 28.4. The smallest absolute Gasteiger partial charge is 0.192 e. The van der Waals surface area contributed by atoms with E-state index in [0.29, 0.717) is 0 Å². The van der Waals surface area contributed by atoms with Gasteiger partial charge >= 0.3 is 0 Å². The van der Waals surface area contributed by atoms with E-state index >= 15 is 0 Å². The average Bonchev–Trinajstić information content (AvgIpc) is 2.12. The summed E-state index contributed by atoms with van der Waals surface area (Å²) in [5.41, 5.74) is -0.149. The quantitative estimate of drug-likeness (QED) is 0.748. The second-order valence-corrected chi connectivity index (χ2v) is 11.7. The normalized spacial score (nSPS) is 16.3. The lowest BCUT2D eigenvalue weighted by Gasteiger charge is -2.43. The van der Waals surface area contributed by atoms with Crippen LogP contribution < -0.4 is 0 Å². The molecule has 0 aromatic rings. The maximum Gasteiger partial charge on any atom is 0.192 e. The number of aliphatic hydroxyl groups is 1. The topological polar surface area (TPSA) is 29.5 Å². The van der Waals surface area contributed by atoms with Gasteiger partial charge in [-0.1, -0.05) is 41.5 Å². The summed E-state index contributed by atoms with van der Waals surface area (Å²) in [7, 11) is -1.73. The molecule has 1 atom stereocenters. The molecule has 0 radical (unpaired) electrons. The van der Waals surface area contributed by atoms with Crippen molar-refractivity contribution >= 4 is 8.32 Å². The van der Waals surface area contributed by atoms with Crippen molar-refractivity contribution in [3.8, 4) is 0 Å². The van der Waals surface area contributed by atoms with E-state index in [1.807, 2.05) is 0 Å². The molecule has 0 rings (SSSR count). The number of aliphatic hydroxyl groups excluding tert-OH is 1. The van der Waals surface area contributed by atoms with E-state index in [-0.39, 0.29) is 23.2 Å². The fourth-order valence-electron chi connectivity index (χ4n) is 1.43. The van der Waals surface area contributed by atoms with Gasteiger partial charge in [0.1, 0.15) is 0 Å². The van der Waals surface area contributed by atoms with Crippen LogP contribution in [-0.2, 0) is 4.43 Å². The van der Waals surface area contributed by atoms with Gasteiger partial charge in [-0.2, -0.15) is 0 Å². The standard InChI is InChI=1S/C13H30O2Si/c1-9-11(13(5,6)10-14)15-16(7,8)12(2,3)4/h11,14H,9-10H2,1-8H3/t11-/m0/s1. The Hall–Kier alpha value is 0.137. The van der Waals surface area contributed by atoms with Crippen LogP contribution in [0.3, 0.4) is 0 Å². The Labute approximate surface area is 103 Å². The van der Waals surface area contributed by atoms with Gasteiger partial charge in [0.05, 0.1) is 12.7 Å². The molecule has 0 bridgehead atoms. The zero-order chi connectivity index (χ0) is 13.2. The Morgan fingerprint density at radius 1 is 1.12 bits per heavy atom. The van der Waals surface area contributed by atoms with Gasteiger partial charge in [-0.05, 0) is 24.6 Å². The summed E-state index contributed by atoms with van der Waals surface area (Å²) in [6.07, 6.45) is 1.11. The summed E-state index contributed by atoms with van der Waals surface area (Å²) in [5, 5.41) is 9.66. The van der Waals surface area contributed by atoms with E-state index in [4.69, 9.17) is 4.43 Å². The Morgan fingerprint density at radius 3 is 1.81 bits per heavy atom. The molecule has 0 spiro atoms. The van der Waals surface area contributed by atoms with Crippen LogP contribution in [0, 0.1) is 5.41 Å². The summed E-state index contributed by atoms with van der Waals surface area (Å²) in [5.74, 6) is 0. The van der Waals surface area contributed by atoms with Crippen molar-refractivity contribution in [1.82, 2.24) is 0 Å². The molecule has 3 heteroatoms. The zero-order valence-electron chi connectivity index (χ0n) is 12.3. The predicted molar refractivity (Wildman–Crippen MR) is 73.2 cm³/mol. The second-order valence-electron chi connectivity index (χ2n) is 6.92. The lowest BCUT2D eigenvalue weighted by atomic mass is 9.86. The van der Waals surface area contributed by atoms with Gasteiger partial charge in [-0.15, -0.1) is 0 Å². The van der Waals surface area contributed by atoms with Crippen LogP contribution in [0.4, 0.5) is 0 Å². The molecule has 0 aromatic carbocycles. The van der Waals surface area contributed by atoms with Gasteiger partial charge in [-0.3, -0.25) is 0 Å².